The first-order chi connectivity index (χ1) is 28.1. The molecule has 2 fully saturated rings. The van der Waals surface area contributed by atoms with E-state index in [-0.39, 0.29) is 5.91 Å². The van der Waals surface area contributed by atoms with E-state index in [1.165, 1.54) is 61.2 Å². The molecule has 2 saturated heterocycles. The average Bonchev–Trinajstić information content (AvgIpc) is 3.96. The lowest BCUT2D eigenvalue weighted by atomic mass is 9.82. The van der Waals surface area contributed by atoms with Gasteiger partial charge in [-0.15, -0.1) is 0 Å². The number of benzene rings is 4. The molecule has 5 heterocycles. The summed E-state index contributed by atoms with van der Waals surface area (Å²) in [6.45, 7) is 12.3. The third kappa shape index (κ3) is 8.39. The van der Waals surface area contributed by atoms with E-state index in [1.807, 2.05) is 24.5 Å². The minimum Gasteiger partial charge on any atom is -0.354 e. The molecule has 2 aliphatic rings. The van der Waals surface area contributed by atoms with Gasteiger partial charge < -0.3 is 15.2 Å². The molecule has 2 bridgehead atoms. The summed E-state index contributed by atoms with van der Waals surface area (Å²) < 4.78 is 0. The van der Waals surface area contributed by atoms with Gasteiger partial charge >= 0.3 is 0 Å². The van der Waals surface area contributed by atoms with Crippen molar-refractivity contribution in [2.75, 3.05) is 6.54 Å². The molecule has 7 aromatic rings. The van der Waals surface area contributed by atoms with Crippen LogP contribution in [0.3, 0.4) is 0 Å². The zero-order valence-electron chi connectivity index (χ0n) is 34.6. The minimum atomic E-state index is -0.575. The van der Waals surface area contributed by atoms with Gasteiger partial charge in [-0.1, -0.05) is 89.5 Å². The summed E-state index contributed by atoms with van der Waals surface area (Å²) in [5.74, 6) is 0.287. The first-order valence-corrected chi connectivity index (χ1v) is 20.9. The van der Waals surface area contributed by atoms with Crippen LogP contribution in [-0.2, 0) is 23.2 Å². The molecule has 294 valence electrons. The van der Waals surface area contributed by atoms with Crippen molar-refractivity contribution in [3.05, 3.63) is 167 Å². The SMILES string of the molecule is Cc1cc(C)cc(-c2[nH]c3ccc(C(C)(C)C(=O)N4C5CCC4CC5)cc3c2CCNCc2ccc(-c3cccnc3)cc2)c1.Cc1ccc(-c2cccnc2)cc1. The lowest BCUT2D eigenvalue weighted by molar-refractivity contribution is -0.137. The van der Waals surface area contributed by atoms with Crippen molar-refractivity contribution < 1.29 is 4.79 Å². The number of nitrogens with one attached hydrogen (secondary N) is 2. The molecule has 6 heteroatoms. The number of amides is 1. The summed E-state index contributed by atoms with van der Waals surface area (Å²) >= 11 is 0. The summed E-state index contributed by atoms with van der Waals surface area (Å²) in [6, 6.07) is 39.6. The van der Waals surface area contributed by atoms with Crippen molar-refractivity contribution in [1.29, 1.82) is 0 Å². The third-order valence-corrected chi connectivity index (χ3v) is 12.2. The quantitative estimate of drug-likeness (QED) is 0.136. The second-order valence-electron chi connectivity index (χ2n) is 16.9. The maximum atomic E-state index is 14.0. The smallest absolute Gasteiger partial charge is 0.233 e. The van der Waals surface area contributed by atoms with Crippen molar-refractivity contribution in [3.8, 4) is 33.5 Å². The second-order valence-corrected chi connectivity index (χ2v) is 16.9. The molecule has 2 aliphatic heterocycles. The van der Waals surface area contributed by atoms with Crippen LogP contribution in [-0.4, -0.2) is 44.4 Å². The molecule has 0 aliphatic carbocycles. The van der Waals surface area contributed by atoms with Crippen molar-refractivity contribution in [2.24, 2.45) is 0 Å². The van der Waals surface area contributed by atoms with Crippen LogP contribution in [0.4, 0.5) is 0 Å². The fourth-order valence-electron chi connectivity index (χ4n) is 9.03. The normalized spacial score (nSPS) is 16.1. The highest BCUT2D eigenvalue weighted by Gasteiger charge is 2.47. The number of fused-ring (bicyclic) bond motifs is 3. The molecule has 0 spiro atoms. The van der Waals surface area contributed by atoms with E-state index in [0.717, 1.165) is 61.8 Å². The van der Waals surface area contributed by atoms with E-state index in [1.54, 1.807) is 12.4 Å². The van der Waals surface area contributed by atoms with Crippen molar-refractivity contribution >= 4 is 16.8 Å². The summed E-state index contributed by atoms with van der Waals surface area (Å²) in [6.07, 6.45) is 12.9. The second kappa shape index (κ2) is 16.9. The lowest BCUT2D eigenvalue weighted by Crippen LogP contribution is -2.45. The predicted molar refractivity (Wildman–Crippen MR) is 239 cm³/mol. The Morgan fingerprint density at radius 3 is 1.84 bits per heavy atom. The fraction of sp³-hybridized carbons (Fsp3) is 0.288. The van der Waals surface area contributed by atoms with E-state index in [4.69, 9.17) is 0 Å². The number of aromatic amines is 1. The minimum absolute atomic E-state index is 0.287. The Labute approximate surface area is 343 Å². The van der Waals surface area contributed by atoms with Gasteiger partial charge in [0.25, 0.3) is 0 Å². The van der Waals surface area contributed by atoms with Gasteiger partial charge in [-0.2, -0.15) is 0 Å². The van der Waals surface area contributed by atoms with Gasteiger partial charge in [0, 0.05) is 60.0 Å². The van der Waals surface area contributed by atoms with Crippen LogP contribution in [0.15, 0.2) is 134 Å². The van der Waals surface area contributed by atoms with Gasteiger partial charge in [-0.05, 0) is 154 Å². The molecular formula is C52H55N5O. The van der Waals surface area contributed by atoms with Gasteiger partial charge in [0.15, 0.2) is 0 Å². The summed E-state index contributed by atoms with van der Waals surface area (Å²) in [7, 11) is 0. The molecule has 0 saturated carbocycles. The molecule has 4 aromatic carbocycles. The Morgan fingerprint density at radius 1 is 0.690 bits per heavy atom. The first kappa shape index (κ1) is 39.0. The van der Waals surface area contributed by atoms with Gasteiger partial charge in [0.1, 0.15) is 0 Å². The molecule has 6 nitrogen and oxygen atoms in total. The number of hydrogen-bond acceptors (Lipinski definition) is 4. The number of aromatic nitrogens is 3. The predicted octanol–water partition coefficient (Wildman–Crippen LogP) is 11.3. The van der Waals surface area contributed by atoms with Crippen molar-refractivity contribution in [3.63, 3.8) is 0 Å². The fourth-order valence-corrected chi connectivity index (χ4v) is 9.03. The number of nitrogens with zero attached hydrogens (tertiary/aromatic N) is 3. The van der Waals surface area contributed by atoms with E-state index >= 15 is 0 Å². The van der Waals surface area contributed by atoms with Gasteiger partial charge in [-0.25, -0.2) is 0 Å². The number of rotatable bonds is 10. The number of pyridine rings is 2. The van der Waals surface area contributed by atoms with Crippen LogP contribution in [0, 0.1) is 20.8 Å². The summed E-state index contributed by atoms with van der Waals surface area (Å²) in [5.41, 5.74) is 15.1. The molecule has 3 aromatic heterocycles. The highest BCUT2D eigenvalue weighted by molar-refractivity contribution is 5.94. The van der Waals surface area contributed by atoms with Gasteiger partial charge in [0.2, 0.25) is 5.91 Å². The zero-order chi connectivity index (χ0) is 40.2. The van der Waals surface area contributed by atoms with Crippen LogP contribution < -0.4 is 5.32 Å². The zero-order valence-corrected chi connectivity index (χ0v) is 34.6. The van der Waals surface area contributed by atoms with E-state index in [9.17, 15) is 4.79 Å². The lowest BCUT2D eigenvalue weighted by Gasteiger charge is -2.33. The Kier molecular flexibility index (Phi) is 11.4. The monoisotopic (exact) mass is 765 g/mol. The maximum absolute atomic E-state index is 14.0. The van der Waals surface area contributed by atoms with E-state index in [2.05, 4.69) is 157 Å². The molecule has 2 N–H and O–H groups in total. The van der Waals surface area contributed by atoms with Crippen molar-refractivity contribution in [2.45, 2.75) is 90.8 Å². The number of H-pyrrole nitrogens is 1. The molecule has 1 amide bonds. The summed E-state index contributed by atoms with van der Waals surface area (Å²) in [5, 5.41) is 4.91. The van der Waals surface area contributed by atoms with Crippen LogP contribution in [0.5, 0.6) is 0 Å². The number of carbonyl (C=O) groups is 1. The van der Waals surface area contributed by atoms with Crippen molar-refractivity contribution in [1.82, 2.24) is 25.2 Å². The third-order valence-electron chi connectivity index (χ3n) is 12.2. The molecule has 9 rings (SSSR count). The number of carbonyl (C=O) groups excluding carboxylic acids is 1. The Morgan fingerprint density at radius 2 is 1.28 bits per heavy atom. The topological polar surface area (TPSA) is 73.9 Å². The standard InChI is InChI=1S/C40H44N4O.C12H11N/c1-26-20-27(2)22-31(21-26)38-35(17-19-42-24-28-7-9-29(10-8-28)30-6-5-18-41-25-30)36-23-32(11-16-37(36)43-38)40(3,4)39(45)44-33-12-13-34(44)15-14-33;1-10-4-6-11(7-5-10)12-3-2-8-13-9-12/h5-11,16,18,20-23,25,33-34,42-43H,12-15,17,19,24H2,1-4H3;2-9H,1H3. The van der Waals surface area contributed by atoms with Crippen LogP contribution >= 0.6 is 0 Å². The largest absolute Gasteiger partial charge is 0.354 e. The average molecular weight is 766 g/mol. The Bertz CT molecular complexity index is 2450. The van der Waals surface area contributed by atoms with Gasteiger partial charge in [0.05, 0.1) is 5.41 Å². The van der Waals surface area contributed by atoms with Crippen LogP contribution in [0.1, 0.15) is 72.9 Å². The van der Waals surface area contributed by atoms with E-state index < -0.39 is 5.41 Å². The Balaban J connectivity index is 0.000000306. The van der Waals surface area contributed by atoms with E-state index in [0.29, 0.717) is 12.1 Å². The first-order valence-electron chi connectivity index (χ1n) is 20.9. The van der Waals surface area contributed by atoms with Gasteiger partial charge in [-0.3, -0.25) is 14.8 Å². The molecule has 58 heavy (non-hydrogen) atoms. The number of hydrogen-bond donors (Lipinski definition) is 2. The molecule has 0 unspecified atom stereocenters. The van der Waals surface area contributed by atoms with Crippen LogP contribution in [0.2, 0.25) is 0 Å². The Hall–Kier alpha value is -5.85. The highest BCUT2D eigenvalue weighted by atomic mass is 16.2. The molecular weight excluding hydrogens is 711 g/mol. The summed E-state index contributed by atoms with van der Waals surface area (Å²) in [4.78, 5) is 28.3. The van der Waals surface area contributed by atoms with Crippen LogP contribution in [0.25, 0.3) is 44.4 Å². The number of aryl methyl sites for hydroxylation is 3. The molecule has 0 atom stereocenters. The maximum Gasteiger partial charge on any atom is 0.233 e. The highest BCUT2D eigenvalue weighted by Crippen LogP contribution is 2.42. The molecule has 0 radical (unpaired) electrons.